The van der Waals surface area contributed by atoms with Gasteiger partial charge in [-0.15, -0.1) is 0 Å². The molecule has 1 amide bonds. The van der Waals surface area contributed by atoms with Crippen LogP contribution in [0, 0.1) is 0 Å². The Labute approximate surface area is 133 Å². The predicted molar refractivity (Wildman–Crippen MR) is 84.0 cm³/mol. The molecule has 1 aromatic carbocycles. The molecule has 3 heterocycles. The van der Waals surface area contributed by atoms with Crippen LogP contribution in [0.3, 0.4) is 0 Å². The number of fused-ring (bicyclic) bond motifs is 1. The Kier molecular flexibility index (Phi) is 3.45. The molecular weight excluding hydrogens is 296 g/mol. The Bertz CT molecular complexity index is 744. The van der Waals surface area contributed by atoms with E-state index in [9.17, 15) is 4.79 Å². The summed E-state index contributed by atoms with van der Waals surface area (Å²) in [6.07, 6.45) is 3.89. The molecule has 2 aromatic rings. The van der Waals surface area contributed by atoms with Gasteiger partial charge in [0.25, 0.3) is 5.91 Å². The Morgan fingerprint density at radius 2 is 1.96 bits per heavy atom. The van der Waals surface area contributed by atoms with E-state index >= 15 is 0 Å². The minimum atomic E-state index is -0.272. The summed E-state index contributed by atoms with van der Waals surface area (Å²) in [5.41, 5.74) is 0.986. The number of hydrogen-bond acceptors (Lipinski definition) is 6. The van der Waals surface area contributed by atoms with Crippen molar-refractivity contribution in [2.75, 3.05) is 30.1 Å². The van der Waals surface area contributed by atoms with E-state index in [1.165, 1.54) is 0 Å². The van der Waals surface area contributed by atoms with E-state index in [-0.39, 0.29) is 12.7 Å². The fraction of sp³-hybridized carbons (Fsp3) is 0.312. The summed E-state index contributed by atoms with van der Waals surface area (Å²) in [4.78, 5) is 23.1. The highest BCUT2D eigenvalue weighted by atomic mass is 16.7. The Balaban J connectivity index is 1.51. The molecule has 2 aliphatic heterocycles. The van der Waals surface area contributed by atoms with Crippen LogP contribution >= 0.6 is 0 Å². The third-order valence-corrected chi connectivity index (χ3v) is 3.89. The van der Waals surface area contributed by atoms with Gasteiger partial charge < -0.3 is 19.7 Å². The normalized spacial score (nSPS) is 15.7. The fourth-order valence-electron chi connectivity index (χ4n) is 2.71. The zero-order valence-electron chi connectivity index (χ0n) is 12.5. The monoisotopic (exact) mass is 312 g/mol. The molecule has 1 fully saturated rings. The Morgan fingerprint density at radius 1 is 1.13 bits per heavy atom. The van der Waals surface area contributed by atoms with Crippen molar-refractivity contribution in [2.45, 2.75) is 12.8 Å². The lowest BCUT2D eigenvalue weighted by Crippen LogP contribution is -2.22. The molecular formula is C16H16N4O3. The summed E-state index contributed by atoms with van der Waals surface area (Å²) >= 11 is 0. The SMILES string of the molecule is O=C(Nc1ccc2c(c1)OCO2)c1ccnc(N2CCCC2)n1. The molecule has 1 aromatic heterocycles. The number of rotatable bonds is 3. The van der Waals surface area contributed by atoms with E-state index in [4.69, 9.17) is 9.47 Å². The van der Waals surface area contributed by atoms with Gasteiger partial charge in [0, 0.05) is 31.0 Å². The molecule has 1 N–H and O–H groups in total. The van der Waals surface area contributed by atoms with Crippen molar-refractivity contribution >= 4 is 17.5 Å². The number of carbonyl (C=O) groups excluding carboxylic acids is 1. The highest BCUT2D eigenvalue weighted by Crippen LogP contribution is 2.34. The Hall–Kier alpha value is -2.83. The van der Waals surface area contributed by atoms with Gasteiger partial charge in [-0.1, -0.05) is 0 Å². The Morgan fingerprint density at radius 3 is 2.83 bits per heavy atom. The topological polar surface area (TPSA) is 76.6 Å². The largest absolute Gasteiger partial charge is 0.454 e. The van der Waals surface area contributed by atoms with Gasteiger partial charge in [-0.2, -0.15) is 0 Å². The second-order valence-electron chi connectivity index (χ2n) is 5.46. The molecule has 4 rings (SSSR count). The summed E-state index contributed by atoms with van der Waals surface area (Å²) < 4.78 is 10.6. The van der Waals surface area contributed by atoms with Crippen molar-refractivity contribution in [1.29, 1.82) is 0 Å². The molecule has 0 radical (unpaired) electrons. The maximum Gasteiger partial charge on any atom is 0.274 e. The van der Waals surface area contributed by atoms with Crippen molar-refractivity contribution in [3.63, 3.8) is 0 Å². The molecule has 0 atom stereocenters. The van der Waals surface area contributed by atoms with Crippen LogP contribution in [0.15, 0.2) is 30.5 Å². The number of amides is 1. The molecule has 7 nitrogen and oxygen atoms in total. The molecule has 2 aliphatic rings. The fourth-order valence-corrected chi connectivity index (χ4v) is 2.71. The second-order valence-corrected chi connectivity index (χ2v) is 5.46. The van der Waals surface area contributed by atoms with Crippen LogP contribution in [0.5, 0.6) is 11.5 Å². The van der Waals surface area contributed by atoms with Gasteiger partial charge in [0.15, 0.2) is 11.5 Å². The first-order chi connectivity index (χ1) is 11.3. The number of nitrogens with zero attached hydrogens (tertiary/aromatic N) is 3. The second kappa shape index (κ2) is 5.75. The molecule has 1 saturated heterocycles. The molecule has 0 unspecified atom stereocenters. The van der Waals surface area contributed by atoms with Crippen LogP contribution < -0.4 is 19.7 Å². The lowest BCUT2D eigenvalue weighted by atomic mass is 10.2. The maximum atomic E-state index is 12.4. The van der Waals surface area contributed by atoms with Crippen molar-refractivity contribution in [3.8, 4) is 11.5 Å². The van der Waals surface area contributed by atoms with E-state index < -0.39 is 0 Å². The highest BCUT2D eigenvalue weighted by molar-refractivity contribution is 6.03. The molecule has 0 aliphatic carbocycles. The first-order valence-electron chi connectivity index (χ1n) is 7.58. The first kappa shape index (κ1) is 13.8. The van der Waals surface area contributed by atoms with Gasteiger partial charge in [-0.3, -0.25) is 4.79 Å². The highest BCUT2D eigenvalue weighted by Gasteiger charge is 2.18. The van der Waals surface area contributed by atoms with Crippen molar-refractivity contribution in [3.05, 3.63) is 36.2 Å². The van der Waals surface area contributed by atoms with Gasteiger partial charge >= 0.3 is 0 Å². The van der Waals surface area contributed by atoms with Gasteiger partial charge in [0.05, 0.1) is 0 Å². The van der Waals surface area contributed by atoms with Crippen LogP contribution in [-0.2, 0) is 0 Å². The molecule has 23 heavy (non-hydrogen) atoms. The first-order valence-corrected chi connectivity index (χ1v) is 7.58. The van der Waals surface area contributed by atoms with E-state index in [0.29, 0.717) is 28.8 Å². The lowest BCUT2D eigenvalue weighted by molar-refractivity contribution is 0.102. The van der Waals surface area contributed by atoms with Crippen molar-refractivity contribution in [2.24, 2.45) is 0 Å². The zero-order valence-corrected chi connectivity index (χ0v) is 12.5. The summed E-state index contributed by atoms with van der Waals surface area (Å²) in [6.45, 7) is 2.08. The lowest BCUT2D eigenvalue weighted by Gasteiger charge is -2.15. The van der Waals surface area contributed by atoms with Gasteiger partial charge in [-0.25, -0.2) is 9.97 Å². The van der Waals surface area contributed by atoms with Crippen LogP contribution in [0.1, 0.15) is 23.3 Å². The van der Waals surface area contributed by atoms with E-state index in [0.717, 1.165) is 25.9 Å². The summed E-state index contributed by atoms with van der Waals surface area (Å²) in [5, 5.41) is 2.82. The average molecular weight is 312 g/mol. The van der Waals surface area contributed by atoms with E-state index in [1.807, 2.05) is 0 Å². The molecule has 0 spiro atoms. The maximum absolute atomic E-state index is 12.4. The van der Waals surface area contributed by atoms with Crippen molar-refractivity contribution < 1.29 is 14.3 Å². The summed E-state index contributed by atoms with van der Waals surface area (Å²) in [6, 6.07) is 6.90. The molecule has 118 valence electrons. The summed E-state index contributed by atoms with van der Waals surface area (Å²) in [7, 11) is 0. The zero-order chi connectivity index (χ0) is 15.6. The average Bonchev–Trinajstić information content (AvgIpc) is 3.26. The number of hydrogen-bond donors (Lipinski definition) is 1. The standard InChI is InChI=1S/C16H16N4O3/c21-15(18-11-3-4-13-14(9-11)23-10-22-13)12-5-6-17-16(19-12)20-7-1-2-8-20/h3-6,9H,1-2,7-8,10H2,(H,18,21). The number of carbonyl (C=O) groups is 1. The molecule has 0 bridgehead atoms. The number of ether oxygens (including phenoxy) is 2. The number of aromatic nitrogens is 2. The number of benzene rings is 1. The summed E-state index contributed by atoms with van der Waals surface area (Å²) in [5.74, 6) is 1.65. The third-order valence-electron chi connectivity index (χ3n) is 3.89. The number of nitrogens with one attached hydrogen (secondary N) is 1. The quantitative estimate of drug-likeness (QED) is 0.935. The molecule has 0 saturated carbocycles. The number of anilines is 2. The third kappa shape index (κ3) is 2.77. The predicted octanol–water partition coefficient (Wildman–Crippen LogP) is 2.06. The van der Waals surface area contributed by atoms with Crippen LogP contribution in [-0.4, -0.2) is 35.8 Å². The molecule has 7 heteroatoms. The van der Waals surface area contributed by atoms with Crippen molar-refractivity contribution in [1.82, 2.24) is 9.97 Å². The van der Waals surface area contributed by atoms with Crippen LogP contribution in [0.2, 0.25) is 0 Å². The van der Waals surface area contributed by atoms with Gasteiger partial charge in [0.1, 0.15) is 5.69 Å². The van der Waals surface area contributed by atoms with E-state index in [1.54, 1.807) is 30.5 Å². The van der Waals surface area contributed by atoms with Crippen LogP contribution in [0.25, 0.3) is 0 Å². The smallest absolute Gasteiger partial charge is 0.274 e. The van der Waals surface area contributed by atoms with Gasteiger partial charge in [-0.05, 0) is 31.0 Å². The van der Waals surface area contributed by atoms with E-state index in [2.05, 4.69) is 20.2 Å². The van der Waals surface area contributed by atoms with Gasteiger partial charge in [0.2, 0.25) is 12.7 Å². The minimum absolute atomic E-state index is 0.206. The minimum Gasteiger partial charge on any atom is -0.454 e. The van der Waals surface area contributed by atoms with Crippen LogP contribution in [0.4, 0.5) is 11.6 Å².